The molecule has 0 aliphatic carbocycles. The monoisotopic (exact) mass is 429 g/mol. The van der Waals surface area contributed by atoms with Gasteiger partial charge in [-0.25, -0.2) is 0 Å². The molecule has 1 unspecified atom stereocenters. The summed E-state index contributed by atoms with van der Waals surface area (Å²) in [6.45, 7) is 5.01. The van der Waals surface area contributed by atoms with Crippen molar-refractivity contribution in [3.63, 3.8) is 0 Å². The summed E-state index contributed by atoms with van der Waals surface area (Å²) in [5, 5.41) is 3.15. The number of amides is 1. The van der Waals surface area contributed by atoms with Crippen LogP contribution in [0.4, 0.5) is 0 Å². The summed E-state index contributed by atoms with van der Waals surface area (Å²) < 4.78 is 0. The van der Waals surface area contributed by atoms with Crippen LogP contribution in [-0.2, 0) is 17.9 Å². The Morgan fingerprint density at radius 3 is 2.47 bits per heavy atom. The Balaban J connectivity index is 1.54. The zero-order valence-corrected chi connectivity index (χ0v) is 18.4. The fourth-order valence-corrected chi connectivity index (χ4v) is 4.32. The summed E-state index contributed by atoms with van der Waals surface area (Å²) >= 11 is 0. The van der Waals surface area contributed by atoms with Crippen LogP contribution in [0.3, 0.4) is 0 Å². The van der Waals surface area contributed by atoms with Crippen LogP contribution in [0.15, 0.2) is 79.4 Å². The predicted molar refractivity (Wildman–Crippen MR) is 126 cm³/mol. The zero-order chi connectivity index (χ0) is 22.0. The van der Waals surface area contributed by atoms with Gasteiger partial charge in [0.05, 0.1) is 0 Å². The minimum absolute atomic E-state index is 0.0363. The zero-order valence-electron chi connectivity index (χ0n) is 18.4. The van der Waals surface area contributed by atoms with Gasteiger partial charge in [-0.15, -0.1) is 0 Å². The quantitative estimate of drug-likeness (QED) is 0.673. The smallest absolute Gasteiger partial charge is 0.221 e. The maximum Gasteiger partial charge on any atom is 0.221 e. The van der Waals surface area contributed by atoms with E-state index in [1.807, 2.05) is 30.7 Å². The fourth-order valence-electron chi connectivity index (χ4n) is 4.32. The van der Waals surface area contributed by atoms with E-state index in [-0.39, 0.29) is 11.9 Å². The molecule has 1 N–H and O–H groups in total. The van der Waals surface area contributed by atoms with E-state index < -0.39 is 0 Å². The molecule has 4 rings (SSSR count). The van der Waals surface area contributed by atoms with E-state index in [9.17, 15) is 4.79 Å². The van der Waals surface area contributed by atoms with Gasteiger partial charge in [0.2, 0.25) is 5.91 Å². The van der Waals surface area contributed by atoms with Crippen LogP contribution in [0.1, 0.15) is 35.6 Å². The highest BCUT2D eigenvalue weighted by Gasteiger charge is 2.24. The number of nitrogens with one attached hydrogen (secondary N) is 1. The molecule has 6 nitrogen and oxygen atoms in total. The van der Waals surface area contributed by atoms with Gasteiger partial charge >= 0.3 is 0 Å². The summed E-state index contributed by atoms with van der Waals surface area (Å²) in [6, 6.07) is 18.6. The topological polar surface area (TPSA) is 61.4 Å². The highest BCUT2D eigenvalue weighted by atomic mass is 16.1. The van der Waals surface area contributed by atoms with Crippen LogP contribution in [0.25, 0.3) is 0 Å². The second-order valence-electron chi connectivity index (χ2n) is 8.30. The molecule has 1 atom stereocenters. The summed E-state index contributed by atoms with van der Waals surface area (Å²) in [6.07, 6.45) is 8.88. The van der Waals surface area contributed by atoms with E-state index in [0.717, 1.165) is 39.1 Å². The van der Waals surface area contributed by atoms with Crippen molar-refractivity contribution >= 4 is 5.91 Å². The standard InChI is InChI=1S/C26H31N5O/c32-26-18-25(24-7-2-1-3-8-24)31(21-22-9-12-27-13-10-22)16-5-15-30(17-14-29-26)20-23-6-4-11-28-19-23/h1-4,6-13,19,25H,5,14-18,20-21H2,(H,29,32). The number of hydrogen-bond acceptors (Lipinski definition) is 5. The Bertz CT molecular complexity index is 952. The molecular formula is C26H31N5O. The molecular weight excluding hydrogens is 398 g/mol. The van der Waals surface area contributed by atoms with Crippen molar-refractivity contribution < 1.29 is 4.79 Å². The number of hydrogen-bond donors (Lipinski definition) is 1. The SMILES string of the molecule is O=C1CC(c2ccccc2)N(Cc2ccncc2)CCCN(Cc2cccnc2)CCN1. The Kier molecular flexibility index (Phi) is 7.95. The maximum absolute atomic E-state index is 12.9. The van der Waals surface area contributed by atoms with Crippen LogP contribution in [0, 0.1) is 0 Å². The molecule has 1 aromatic carbocycles. The number of nitrogens with zero attached hydrogens (tertiary/aromatic N) is 4. The van der Waals surface area contributed by atoms with Crippen molar-refractivity contribution in [2.45, 2.75) is 32.0 Å². The second kappa shape index (κ2) is 11.5. The first-order valence-electron chi connectivity index (χ1n) is 11.3. The van der Waals surface area contributed by atoms with Crippen molar-refractivity contribution in [2.24, 2.45) is 0 Å². The van der Waals surface area contributed by atoms with Crippen LogP contribution in [0.5, 0.6) is 0 Å². The molecule has 1 saturated heterocycles. The minimum atomic E-state index is 0.0363. The summed E-state index contributed by atoms with van der Waals surface area (Å²) in [5.41, 5.74) is 3.59. The number of rotatable bonds is 5. The predicted octanol–water partition coefficient (Wildman–Crippen LogP) is 3.43. The van der Waals surface area contributed by atoms with Gasteiger partial charge < -0.3 is 5.32 Å². The van der Waals surface area contributed by atoms with Crippen LogP contribution in [0.2, 0.25) is 0 Å². The van der Waals surface area contributed by atoms with Crippen molar-refractivity contribution in [3.8, 4) is 0 Å². The lowest BCUT2D eigenvalue weighted by molar-refractivity contribution is -0.122. The molecule has 0 radical (unpaired) electrons. The lowest BCUT2D eigenvalue weighted by atomic mass is 10.00. The lowest BCUT2D eigenvalue weighted by Crippen LogP contribution is -2.35. The van der Waals surface area contributed by atoms with E-state index in [1.165, 1.54) is 16.7 Å². The Morgan fingerprint density at radius 1 is 0.844 bits per heavy atom. The van der Waals surface area contributed by atoms with Gasteiger partial charge in [0.25, 0.3) is 0 Å². The van der Waals surface area contributed by atoms with Gasteiger partial charge in [-0.05, 0) is 47.9 Å². The number of aromatic nitrogens is 2. The molecule has 166 valence electrons. The molecule has 1 aliphatic rings. The lowest BCUT2D eigenvalue weighted by Gasteiger charge is -2.32. The normalized spacial score (nSPS) is 19.1. The van der Waals surface area contributed by atoms with Gasteiger partial charge in [-0.1, -0.05) is 36.4 Å². The maximum atomic E-state index is 12.9. The molecule has 32 heavy (non-hydrogen) atoms. The van der Waals surface area contributed by atoms with Gasteiger partial charge in [-0.2, -0.15) is 0 Å². The molecule has 6 heteroatoms. The van der Waals surface area contributed by atoms with E-state index in [2.05, 4.69) is 67.5 Å². The summed E-state index contributed by atoms with van der Waals surface area (Å²) in [4.78, 5) is 26.1. The molecule has 0 saturated carbocycles. The summed E-state index contributed by atoms with van der Waals surface area (Å²) in [5.74, 6) is 0.0989. The third kappa shape index (κ3) is 6.45. The largest absolute Gasteiger partial charge is 0.355 e. The first-order chi connectivity index (χ1) is 15.8. The van der Waals surface area contributed by atoms with Gasteiger partial charge in [-0.3, -0.25) is 24.6 Å². The van der Waals surface area contributed by atoms with E-state index >= 15 is 0 Å². The molecule has 3 aromatic rings. The van der Waals surface area contributed by atoms with Crippen molar-refractivity contribution in [3.05, 3.63) is 96.1 Å². The highest BCUT2D eigenvalue weighted by molar-refractivity contribution is 5.76. The van der Waals surface area contributed by atoms with Crippen molar-refractivity contribution in [2.75, 3.05) is 26.2 Å². The third-order valence-corrected chi connectivity index (χ3v) is 5.94. The van der Waals surface area contributed by atoms with E-state index in [1.54, 1.807) is 6.20 Å². The Labute approximate surface area is 190 Å². The van der Waals surface area contributed by atoms with Crippen molar-refractivity contribution in [1.82, 2.24) is 25.1 Å². The first kappa shape index (κ1) is 22.1. The molecule has 0 spiro atoms. The van der Waals surface area contributed by atoms with Crippen LogP contribution in [-0.4, -0.2) is 51.9 Å². The van der Waals surface area contributed by atoms with Crippen LogP contribution < -0.4 is 5.32 Å². The Hall–Kier alpha value is -3.09. The Morgan fingerprint density at radius 2 is 1.69 bits per heavy atom. The fraction of sp³-hybridized carbons (Fsp3) is 0.346. The van der Waals surface area contributed by atoms with Crippen molar-refractivity contribution in [1.29, 1.82) is 0 Å². The van der Waals surface area contributed by atoms with Gasteiger partial charge in [0.15, 0.2) is 0 Å². The average molecular weight is 430 g/mol. The van der Waals surface area contributed by atoms with Crippen LogP contribution >= 0.6 is 0 Å². The highest BCUT2D eigenvalue weighted by Crippen LogP contribution is 2.27. The van der Waals surface area contributed by atoms with Gasteiger partial charge in [0, 0.05) is 70.0 Å². The first-order valence-corrected chi connectivity index (χ1v) is 11.3. The number of carbonyl (C=O) groups is 1. The second-order valence-corrected chi connectivity index (χ2v) is 8.30. The molecule has 1 aliphatic heterocycles. The molecule has 2 aromatic heterocycles. The van der Waals surface area contributed by atoms with E-state index in [4.69, 9.17) is 0 Å². The third-order valence-electron chi connectivity index (χ3n) is 5.94. The van der Waals surface area contributed by atoms with Gasteiger partial charge in [0.1, 0.15) is 0 Å². The minimum Gasteiger partial charge on any atom is -0.355 e. The molecule has 3 heterocycles. The summed E-state index contributed by atoms with van der Waals surface area (Å²) in [7, 11) is 0. The molecule has 0 bridgehead atoms. The van der Waals surface area contributed by atoms with E-state index in [0.29, 0.717) is 13.0 Å². The number of carbonyl (C=O) groups excluding carboxylic acids is 1. The number of benzene rings is 1. The molecule has 1 fully saturated rings. The average Bonchev–Trinajstić information content (AvgIpc) is 2.86. The number of pyridine rings is 2. The molecule has 1 amide bonds.